The smallest absolute Gasteiger partial charge is 0.0968 e. The molecule has 23 heavy (non-hydrogen) atoms. The van der Waals surface area contributed by atoms with E-state index in [1.807, 2.05) is 12.3 Å². The topological polar surface area (TPSA) is 28.2 Å². The van der Waals surface area contributed by atoms with Crippen LogP contribution in [0.15, 0.2) is 53.6 Å². The molecule has 4 heteroatoms. The molecule has 114 valence electrons. The molecule has 1 fully saturated rings. The fourth-order valence-electron chi connectivity index (χ4n) is 3.64. The molecule has 0 radical (unpaired) electrons. The number of pyridine rings is 1. The predicted octanol–water partition coefficient (Wildman–Crippen LogP) is 4.93. The van der Waals surface area contributed by atoms with Crippen LogP contribution < -0.4 is 9.62 Å². The standard InChI is InChI=1S/C19H17N3S/c1-2-8-17-13(6-1)15-12-16(22-10-3-4-11-22)14-7-5-9-20-18(14)19(15)21-23-17/h1-2,5-9,12,21H,3-4,10-11H2. The van der Waals surface area contributed by atoms with Crippen LogP contribution in [0.2, 0.25) is 0 Å². The summed E-state index contributed by atoms with van der Waals surface area (Å²) in [4.78, 5) is 8.49. The highest BCUT2D eigenvalue weighted by atomic mass is 32.2. The molecule has 0 atom stereocenters. The number of rotatable bonds is 1. The van der Waals surface area contributed by atoms with Crippen molar-refractivity contribution in [1.82, 2.24) is 4.98 Å². The van der Waals surface area contributed by atoms with Crippen molar-refractivity contribution in [2.75, 3.05) is 22.7 Å². The zero-order valence-electron chi connectivity index (χ0n) is 12.7. The molecule has 2 aromatic carbocycles. The molecule has 0 unspecified atom stereocenters. The third-order valence-electron chi connectivity index (χ3n) is 4.76. The maximum atomic E-state index is 4.70. The van der Waals surface area contributed by atoms with E-state index in [0.717, 1.165) is 24.3 Å². The summed E-state index contributed by atoms with van der Waals surface area (Å²) in [6.45, 7) is 2.29. The molecular formula is C19H17N3S. The zero-order valence-corrected chi connectivity index (χ0v) is 13.6. The molecule has 0 spiro atoms. The Labute approximate surface area is 139 Å². The first kappa shape index (κ1) is 13.3. The molecule has 0 aliphatic carbocycles. The van der Waals surface area contributed by atoms with E-state index in [1.54, 1.807) is 11.9 Å². The van der Waals surface area contributed by atoms with Gasteiger partial charge >= 0.3 is 0 Å². The van der Waals surface area contributed by atoms with Gasteiger partial charge in [0.1, 0.15) is 0 Å². The Bertz CT molecular complexity index is 900. The lowest BCUT2D eigenvalue weighted by atomic mass is 9.99. The summed E-state index contributed by atoms with van der Waals surface area (Å²) in [5.41, 5.74) is 6.13. The molecule has 2 aliphatic rings. The van der Waals surface area contributed by atoms with Crippen LogP contribution in [0.1, 0.15) is 12.8 Å². The van der Waals surface area contributed by atoms with Crippen molar-refractivity contribution in [3.8, 4) is 11.1 Å². The van der Waals surface area contributed by atoms with Crippen molar-refractivity contribution < 1.29 is 0 Å². The highest BCUT2D eigenvalue weighted by Crippen LogP contribution is 2.47. The molecule has 3 aromatic rings. The minimum absolute atomic E-state index is 1.08. The van der Waals surface area contributed by atoms with Crippen LogP contribution in [0.25, 0.3) is 22.0 Å². The maximum absolute atomic E-state index is 4.70. The van der Waals surface area contributed by atoms with Gasteiger partial charge < -0.3 is 9.62 Å². The normalized spacial score (nSPS) is 16.1. The zero-order chi connectivity index (χ0) is 15.2. The average molecular weight is 319 g/mol. The van der Waals surface area contributed by atoms with E-state index in [2.05, 4.69) is 46.0 Å². The summed E-state index contributed by atoms with van der Waals surface area (Å²) in [5.74, 6) is 0. The van der Waals surface area contributed by atoms with Gasteiger partial charge in [-0.2, -0.15) is 0 Å². The SMILES string of the molecule is c1ccc2c(c1)SNc1c-2cc(N2CCCC2)c2cccnc12. The number of fused-ring (bicyclic) bond motifs is 5. The molecular weight excluding hydrogens is 302 g/mol. The van der Waals surface area contributed by atoms with Crippen LogP contribution in [-0.4, -0.2) is 18.1 Å². The molecule has 0 amide bonds. The molecule has 1 aromatic heterocycles. The van der Waals surface area contributed by atoms with E-state index in [9.17, 15) is 0 Å². The summed E-state index contributed by atoms with van der Waals surface area (Å²) in [6, 6.07) is 15.2. The fourth-order valence-corrected chi connectivity index (χ4v) is 4.50. The van der Waals surface area contributed by atoms with Crippen molar-refractivity contribution in [2.45, 2.75) is 17.7 Å². The number of benzene rings is 2. The second-order valence-corrected chi connectivity index (χ2v) is 6.96. The van der Waals surface area contributed by atoms with Gasteiger partial charge in [0.2, 0.25) is 0 Å². The van der Waals surface area contributed by atoms with Crippen molar-refractivity contribution in [2.24, 2.45) is 0 Å². The first-order chi connectivity index (χ1) is 11.4. The molecule has 3 heterocycles. The van der Waals surface area contributed by atoms with E-state index in [-0.39, 0.29) is 0 Å². The third-order valence-corrected chi connectivity index (χ3v) is 5.64. The summed E-state index contributed by atoms with van der Waals surface area (Å²) >= 11 is 1.68. The Kier molecular flexibility index (Phi) is 2.98. The minimum atomic E-state index is 1.08. The Hall–Kier alpha value is -2.20. The van der Waals surface area contributed by atoms with Crippen LogP contribution in [0, 0.1) is 0 Å². The van der Waals surface area contributed by atoms with Crippen molar-refractivity contribution in [1.29, 1.82) is 0 Å². The first-order valence-electron chi connectivity index (χ1n) is 8.11. The van der Waals surface area contributed by atoms with Gasteiger partial charge in [0.15, 0.2) is 0 Å². The van der Waals surface area contributed by atoms with Gasteiger partial charge in [-0.3, -0.25) is 4.98 Å². The number of nitrogens with one attached hydrogen (secondary N) is 1. The van der Waals surface area contributed by atoms with Crippen molar-refractivity contribution in [3.63, 3.8) is 0 Å². The van der Waals surface area contributed by atoms with Gasteiger partial charge in [-0.25, -0.2) is 0 Å². The average Bonchev–Trinajstić information content (AvgIpc) is 3.15. The number of hydrogen-bond donors (Lipinski definition) is 1. The van der Waals surface area contributed by atoms with E-state index < -0.39 is 0 Å². The number of nitrogens with zero attached hydrogens (tertiary/aromatic N) is 2. The number of anilines is 2. The lowest BCUT2D eigenvalue weighted by molar-refractivity contribution is 0.949. The van der Waals surface area contributed by atoms with Gasteiger partial charge in [0.05, 0.1) is 11.2 Å². The largest absolute Gasteiger partial charge is 0.371 e. The highest BCUT2D eigenvalue weighted by Gasteiger charge is 2.23. The number of aromatic nitrogens is 1. The highest BCUT2D eigenvalue weighted by molar-refractivity contribution is 8.00. The third kappa shape index (κ3) is 2.01. The fraction of sp³-hybridized carbons (Fsp3) is 0.211. The molecule has 2 aliphatic heterocycles. The molecule has 0 saturated carbocycles. The van der Waals surface area contributed by atoms with Gasteiger partial charge in [0.25, 0.3) is 0 Å². The summed E-state index contributed by atoms with van der Waals surface area (Å²) in [6.07, 6.45) is 4.45. The van der Waals surface area contributed by atoms with E-state index in [4.69, 9.17) is 4.98 Å². The summed E-state index contributed by atoms with van der Waals surface area (Å²) < 4.78 is 3.52. The van der Waals surface area contributed by atoms with E-state index in [0.29, 0.717) is 0 Å². The molecule has 5 rings (SSSR count). The van der Waals surface area contributed by atoms with Crippen molar-refractivity contribution >= 4 is 34.2 Å². The number of hydrogen-bond acceptors (Lipinski definition) is 4. The summed E-state index contributed by atoms with van der Waals surface area (Å²) in [5, 5.41) is 1.25. The molecule has 1 N–H and O–H groups in total. The predicted molar refractivity (Wildman–Crippen MR) is 98.1 cm³/mol. The molecule has 0 bridgehead atoms. The Balaban J connectivity index is 1.83. The van der Waals surface area contributed by atoms with Gasteiger partial charge in [0, 0.05) is 40.8 Å². The second-order valence-electron chi connectivity index (χ2n) is 6.11. The molecule has 1 saturated heterocycles. The van der Waals surface area contributed by atoms with E-state index >= 15 is 0 Å². The monoisotopic (exact) mass is 319 g/mol. The van der Waals surface area contributed by atoms with Crippen LogP contribution >= 0.6 is 11.9 Å². The second kappa shape index (κ2) is 5.17. The maximum Gasteiger partial charge on any atom is 0.0968 e. The Morgan fingerprint density at radius 3 is 2.78 bits per heavy atom. The Morgan fingerprint density at radius 2 is 1.87 bits per heavy atom. The van der Waals surface area contributed by atoms with Gasteiger partial charge in [-0.1, -0.05) is 18.2 Å². The first-order valence-corrected chi connectivity index (χ1v) is 8.92. The minimum Gasteiger partial charge on any atom is -0.371 e. The quantitative estimate of drug-likeness (QED) is 0.643. The van der Waals surface area contributed by atoms with Crippen LogP contribution in [0.3, 0.4) is 0 Å². The van der Waals surface area contributed by atoms with Gasteiger partial charge in [-0.15, -0.1) is 0 Å². The Morgan fingerprint density at radius 1 is 1.00 bits per heavy atom. The molecule has 3 nitrogen and oxygen atoms in total. The van der Waals surface area contributed by atoms with Crippen LogP contribution in [-0.2, 0) is 0 Å². The lowest BCUT2D eigenvalue weighted by Gasteiger charge is -2.26. The van der Waals surface area contributed by atoms with E-state index in [1.165, 1.54) is 39.9 Å². The lowest BCUT2D eigenvalue weighted by Crippen LogP contribution is -2.18. The van der Waals surface area contributed by atoms with Crippen LogP contribution in [0.4, 0.5) is 11.4 Å². The summed E-state index contributed by atoms with van der Waals surface area (Å²) in [7, 11) is 0. The van der Waals surface area contributed by atoms with Crippen molar-refractivity contribution in [3.05, 3.63) is 48.7 Å². The van der Waals surface area contributed by atoms with Gasteiger partial charge in [-0.05, 0) is 54.6 Å². The van der Waals surface area contributed by atoms with Crippen LogP contribution in [0.5, 0.6) is 0 Å².